The summed E-state index contributed by atoms with van der Waals surface area (Å²) in [6.07, 6.45) is 3.28. The minimum atomic E-state index is -0.0234. The molecule has 5 heteroatoms. The lowest BCUT2D eigenvalue weighted by atomic mass is 10.3. The number of ether oxygens (including phenoxy) is 1. The molecule has 2 N–H and O–H groups in total. The van der Waals surface area contributed by atoms with Crippen LogP contribution in [-0.2, 0) is 0 Å². The van der Waals surface area contributed by atoms with Crippen LogP contribution in [0.5, 0.6) is 11.5 Å². The molecule has 0 spiro atoms. The summed E-state index contributed by atoms with van der Waals surface area (Å²) < 4.78 is 6.83. The van der Waals surface area contributed by atoms with Crippen LogP contribution in [0.3, 0.4) is 0 Å². The summed E-state index contributed by atoms with van der Waals surface area (Å²) in [7, 11) is 0. The van der Waals surface area contributed by atoms with Gasteiger partial charge in [-0.05, 0) is 24.3 Å². The van der Waals surface area contributed by atoms with E-state index in [0.29, 0.717) is 5.75 Å². The van der Waals surface area contributed by atoms with Gasteiger partial charge < -0.3 is 14.9 Å². The van der Waals surface area contributed by atoms with Crippen LogP contribution in [0.25, 0.3) is 5.69 Å². The van der Waals surface area contributed by atoms with Crippen LogP contribution in [0.2, 0.25) is 0 Å². The third-order valence-corrected chi connectivity index (χ3v) is 2.03. The molecule has 2 aromatic rings. The zero-order valence-electron chi connectivity index (χ0n) is 8.58. The zero-order chi connectivity index (χ0) is 11.4. The average Bonchev–Trinajstić information content (AvgIpc) is 2.76. The second kappa shape index (κ2) is 4.67. The van der Waals surface area contributed by atoms with Crippen molar-refractivity contribution < 1.29 is 14.9 Å². The molecule has 84 valence electrons. The van der Waals surface area contributed by atoms with Crippen LogP contribution in [0, 0.1) is 0 Å². The fraction of sp³-hybridized carbons (Fsp3) is 0.182. The molecule has 5 nitrogen and oxygen atoms in total. The van der Waals surface area contributed by atoms with Gasteiger partial charge in [-0.3, -0.25) is 0 Å². The van der Waals surface area contributed by atoms with E-state index in [1.165, 1.54) is 0 Å². The minimum Gasteiger partial charge on any atom is -0.508 e. The Hall–Kier alpha value is -2.01. The molecule has 0 fully saturated rings. The van der Waals surface area contributed by atoms with E-state index in [1.54, 1.807) is 41.3 Å². The maximum Gasteiger partial charge on any atom is 0.157 e. The number of phenolic OH excluding ortho intramolecular Hbond substituents is 1. The summed E-state index contributed by atoms with van der Waals surface area (Å²) in [5, 5.41) is 21.8. The van der Waals surface area contributed by atoms with E-state index in [0.717, 1.165) is 5.69 Å². The van der Waals surface area contributed by atoms with E-state index < -0.39 is 0 Å². The van der Waals surface area contributed by atoms with Crippen molar-refractivity contribution in [3.63, 3.8) is 0 Å². The molecule has 0 bridgehead atoms. The van der Waals surface area contributed by atoms with Gasteiger partial charge >= 0.3 is 0 Å². The molecule has 0 aliphatic carbocycles. The van der Waals surface area contributed by atoms with Crippen LogP contribution in [-0.4, -0.2) is 33.2 Å². The Labute approximate surface area is 92.5 Å². The van der Waals surface area contributed by atoms with Crippen LogP contribution < -0.4 is 4.74 Å². The van der Waals surface area contributed by atoms with Gasteiger partial charge in [0.1, 0.15) is 12.4 Å². The minimum absolute atomic E-state index is 0.0234. The molecule has 0 saturated carbocycles. The molecule has 0 amide bonds. The molecule has 0 unspecified atom stereocenters. The molecule has 1 aromatic carbocycles. The lowest BCUT2D eigenvalue weighted by Gasteiger charge is -2.01. The first-order chi connectivity index (χ1) is 7.79. The molecule has 1 heterocycles. The Morgan fingerprint density at radius 1 is 1.25 bits per heavy atom. The molecule has 0 atom stereocenters. The monoisotopic (exact) mass is 220 g/mol. The lowest BCUT2D eigenvalue weighted by molar-refractivity contribution is 0.201. The molecular weight excluding hydrogens is 208 g/mol. The van der Waals surface area contributed by atoms with Gasteiger partial charge in [-0.25, -0.2) is 4.68 Å². The largest absolute Gasteiger partial charge is 0.508 e. The number of aromatic nitrogens is 2. The predicted octanol–water partition coefficient (Wildman–Crippen LogP) is 0.949. The van der Waals surface area contributed by atoms with Crippen molar-refractivity contribution in [2.24, 2.45) is 0 Å². The second-order valence-electron chi connectivity index (χ2n) is 3.21. The number of hydrogen-bond acceptors (Lipinski definition) is 4. The Morgan fingerprint density at radius 2 is 2.00 bits per heavy atom. The normalized spacial score (nSPS) is 10.3. The van der Waals surface area contributed by atoms with Gasteiger partial charge in [-0.2, -0.15) is 5.10 Å². The van der Waals surface area contributed by atoms with E-state index in [-0.39, 0.29) is 19.0 Å². The first-order valence-electron chi connectivity index (χ1n) is 4.87. The van der Waals surface area contributed by atoms with Crippen molar-refractivity contribution in [3.8, 4) is 17.2 Å². The highest BCUT2D eigenvalue weighted by Crippen LogP contribution is 2.16. The summed E-state index contributed by atoms with van der Waals surface area (Å²) in [5.74, 6) is 0.815. The SMILES string of the molecule is OCCOc1cnn(-c2ccc(O)cc2)c1. The van der Waals surface area contributed by atoms with Gasteiger partial charge in [0.25, 0.3) is 0 Å². The first-order valence-corrected chi connectivity index (χ1v) is 4.87. The van der Waals surface area contributed by atoms with Crippen LogP contribution in [0.1, 0.15) is 0 Å². The van der Waals surface area contributed by atoms with Gasteiger partial charge in [0.05, 0.1) is 24.7 Å². The van der Waals surface area contributed by atoms with Gasteiger partial charge in [-0.1, -0.05) is 0 Å². The van der Waals surface area contributed by atoms with Crippen molar-refractivity contribution in [1.82, 2.24) is 9.78 Å². The number of phenols is 1. The molecule has 16 heavy (non-hydrogen) atoms. The van der Waals surface area contributed by atoms with E-state index in [2.05, 4.69) is 5.10 Å². The van der Waals surface area contributed by atoms with Crippen molar-refractivity contribution >= 4 is 0 Å². The highest BCUT2D eigenvalue weighted by atomic mass is 16.5. The highest BCUT2D eigenvalue weighted by Gasteiger charge is 2.01. The third kappa shape index (κ3) is 2.32. The van der Waals surface area contributed by atoms with E-state index in [9.17, 15) is 0 Å². The predicted molar refractivity (Wildman–Crippen MR) is 57.8 cm³/mol. The number of benzene rings is 1. The Kier molecular flexibility index (Phi) is 3.07. The second-order valence-corrected chi connectivity index (χ2v) is 3.21. The molecular formula is C11H12N2O3. The fourth-order valence-electron chi connectivity index (χ4n) is 1.29. The number of hydrogen-bond donors (Lipinski definition) is 2. The molecule has 0 radical (unpaired) electrons. The summed E-state index contributed by atoms with van der Waals surface area (Å²) >= 11 is 0. The maximum absolute atomic E-state index is 9.14. The standard InChI is InChI=1S/C11H12N2O3/c14-5-6-16-11-7-12-13(8-11)9-1-3-10(15)4-2-9/h1-4,7-8,14-15H,5-6H2. The smallest absolute Gasteiger partial charge is 0.157 e. The topological polar surface area (TPSA) is 67.5 Å². The van der Waals surface area contributed by atoms with Crippen molar-refractivity contribution in [2.75, 3.05) is 13.2 Å². The van der Waals surface area contributed by atoms with Crippen molar-refractivity contribution in [1.29, 1.82) is 0 Å². The average molecular weight is 220 g/mol. The number of rotatable bonds is 4. The summed E-state index contributed by atoms with van der Waals surface area (Å²) in [6, 6.07) is 6.67. The number of aromatic hydroxyl groups is 1. The number of aliphatic hydroxyl groups is 1. The Balaban J connectivity index is 2.15. The summed E-state index contributed by atoms with van der Waals surface area (Å²) in [5.41, 5.74) is 0.830. The van der Waals surface area contributed by atoms with Gasteiger partial charge in [-0.15, -0.1) is 0 Å². The van der Waals surface area contributed by atoms with E-state index in [1.807, 2.05) is 0 Å². The first kappa shape index (κ1) is 10.5. The quantitative estimate of drug-likeness (QED) is 0.805. The van der Waals surface area contributed by atoms with Crippen molar-refractivity contribution in [2.45, 2.75) is 0 Å². The number of aliphatic hydroxyl groups excluding tert-OH is 1. The summed E-state index contributed by atoms with van der Waals surface area (Å²) in [6.45, 7) is 0.228. The molecule has 0 saturated heterocycles. The lowest BCUT2D eigenvalue weighted by Crippen LogP contribution is -2.00. The fourth-order valence-corrected chi connectivity index (χ4v) is 1.29. The molecule has 2 rings (SSSR count). The van der Waals surface area contributed by atoms with E-state index in [4.69, 9.17) is 14.9 Å². The van der Waals surface area contributed by atoms with Gasteiger partial charge in [0, 0.05) is 0 Å². The summed E-state index contributed by atoms with van der Waals surface area (Å²) in [4.78, 5) is 0. The van der Waals surface area contributed by atoms with Gasteiger partial charge in [0.2, 0.25) is 0 Å². The van der Waals surface area contributed by atoms with E-state index >= 15 is 0 Å². The maximum atomic E-state index is 9.14. The zero-order valence-corrected chi connectivity index (χ0v) is 8.58. The van der Waals surface area contributed by atoms with Crippen molar-refractivity contribution in [3.05, 3.63) is 36.7 Å². The van der Waals surface area contributed by atoms with Gasteiger partial charge in [0.15, 0.2) is 5.75 Å². The molecule has 0 aliphatic rings. The Morgan fingerprint density at radius 3 is 2.69 bits per heavy atom. The molecule has 0 aliphatic heterocycles. The third-order valence-electron chi connectivity index (χ3n) is 2.03. The van der Waals surface area contributed by atoms with Crippen LogP contribution in [0.15, 0.2) is 36.7 Å². The number of nitrogens with zero attached hydrogens (tertiary/aromatic N) is 2. The molecule has 1 aromatic heterocycles. The highest BCUT2D eigenvalue weighted by molar-refractivity contribution is 5.37. The van der Waals surface area contributed by atoms with Crippen LogP contribution in [0.4, 0.5) is 0 Å². The van der Waals surface area contributed by atoms with Crippen LogP contribution >= 0.6 is 0 Å². The Bertz CT molecular complexity index is 451.